The summed E-state index contributed by atoms with van der Waals surface area (Å²) in [4.78, 5) is 19.1. The zero-order chi connectivity index (χ0) is 25.4. The molecule has 2 aliphatic rings. The molecular formula is C28H29N5O4. The highest BCUT2D eigenvalue weighted by atomic mass is 16.5. The molecule has 0 aliphatic carbocycles. The maximum atomic E-state index is 12.8. The number of rotatable bonds is 7. The number of carbonyl (C=O) groups is 1. The number of amides is 1. The van der Waals surface area contributed by atoms with Gasteiger partial charge in [-0.2, -0.15) is 5.10 Å². The van der Waals surface area contributed by atoms with Crippen LogP contribution in [-0.2, 0) is 9.47 Å². The van der Waals surface area contributed by atoms with Gasteiger partial charge in [-0.05, 0) is 47.7 Å². The summed E-state index contributed by atoms with van der Waals surface area (Å²) in [5.41, 5.74) is 3.48. The van der Waals surface area contributed by atoms with Crippen molar-refractivity contribution in [1.29, 1.82) is 0 Å². The van der Waals surface area contributed by atoms with Crippen molar-refractivity contribution < 1.29 is 19.0 Å². The quantitative estimate of drug-likeness (QED) is 0.406. The molecule has 6 rings (SSSR count). The minimum Gasteiger partial charge on any atom is -0.495 e. The average Bonchev–Trinajstić information content (AvgIpc) is 3.60. The fourth-order valence-corrected chi connectivity index (χ4v) is 4.81. The van der Waals surface area contributed by atoms with E-state index in [1.54, 1.807) is 31.3 Å². The van der Waals surface area contributed by atoms with Gasteiger partial charge in [-0.15, -0.1) is 0 Å². The van der Waals surface area contributed by atoms with E-state index in [-0.39, 0.29) is 12.0 Å². The number of hydrogen-bond acceptors (Lipinski definition) is 7. The van der Waals surface area contributed by atoms with Gasteiger partial charge in [-0.3, -0.25) is 9.48 Å². The van der Waals surface area contributed by atoms with Crippen molar-refractivity contribution in [2.75, 3.05) is 45.8 Å². The lowest BCUT2D eigenvalue weighted by Crippen LogP contribution is -2.54. The summed E-state index contributed by atoms with van der Waals surface area (Å²) in [6.07, 6.45) is 6.95. The van der Waals surface area contributed by atoms with Crippen molar-refractivity contribution in [3.63, 3.8) is 0 Å². The van der Waals surface area contributed by atoms with Gasteiger partial charge in [0, 0.05) is 55.7 Å². The van der Waals surface area contributed by atoms with Crippen molar-refractivity contribution in [2.24, 2.45) is 0 Å². The van der Waals surface area contributed by atoms with Crippen molar-refractivity contribution in [3.05, 3.63) is 66.6 Å². The van der Waals surface area contributed by atoms with Gasteiger partial charge in [0.1, 0.15) is 11.6 Å². The molecule has 4 aromatic rings. The highest BCUT2D eigenvalue weighted by Crippen LogP contribution is 2.31. The first-order valence-electron chi connectivity index (χ1n) is 12.4. The first-order valence-corrected chi connectivity index (χ1v) is 12.4. The third-order valence-corrected chi connectivity index (χ3v) is 7.12. The monoisotopic (exact) mass is 499 g/mol. The highest BCUT2D eigenvalue weighted by Gasteiger charge is 2.31. The number of nitrogens with one attached hydrogen (secondary N) is 1. The smallest absolute Gasteiger partial charge is 0.254 e. The topological polar surface area (TPSA) is 90.7 Å². The molecule has 1 N–H and O–H groups in total. The molecule has 1 amide bonds. The van der Waals surface area contributed by atoms with Crippen LogP contribution in [0.1, 0.15) is 22.8 Å². The summed E-state index contributed by atoms with van der Waals surface area (Å²) < 4.78 is 18.4. The largest absolute Gasteiger partial charge is 0.495 e. The Labute approximate surface area is 215 Å². The van der Waals surface area contributed by atoms with E-state index >= 15 is 0 Å². The van der Waals surface area contributed by atoms with Crippen LogP contribution < -0.4 is 10.1 Å². The molecule has 0 bridgehead atoms. The van der Waals surface area contributed by atoms with E-state index in [9.17, 15) is 4.79 Å². The Balaban J connectivity index is 1.22. The van der Waals surface area contributed by atoms with Gasteiger partial charge in [-0.1, -0.05) is 12.1 Å². The fourth-order valence-electron chi connectivity index (χ4n) is 4.81. The molecule has 0 spiro atoms. The Morgan fingerprint density at radius 2 is 1.95 bits per heavy atom. The van der Waals surface area contributed by atoms with Gasteiger partial charge in [0.05, 0.1) is 37.7 Å². The lowest BCUT2D eigenvalue weighted by molar-refractivity contribution is -0.0192. The Hall–Kier alpha value is -3.95. The summed E-state index contributed by atoms with van der Waals surface area (Å²) in [6.45, 7) is 2.72. The number of benzene rings is 2. The molecule has 37 heavy (non-hydrogen) atoms. The van der Waals surface area contributed by atoms with E-state index in [2.05, 4.69) is 39.8 Å². The zero-order valence-corrected chi connectivity index (χ0v) is 20.9. The Kier molecular flexibility index (Phi) is 6.23. The maximum absolute atomic E-state index is 12.8. The zero-order valence-electron chi connectivity index (χ0n) is 20.9. The number of aromatic nitrogens is 3. The van der Waals surface area contributed by atoms with E-state index in [0.29, 0.717) is 42.9 Å². The molecule has 0 radical (unpaired) electrons. The second-order valence-electron chi connectivity index (χ2n) is 9.47. The molecule has 4 heterocycles. The number of fused-ring (bicyclic) bond motifs is 1. The molecule has 1 atom stereocenters. The molecule has 0 saturated carbocycles. The first kappa shape index (κ1) is 23.4. The number of hydrogen-bond donors (Lipinski definition) is 1. The molecule has 190 valence electrons. The molecule has 2 fully saturated rings. The molecule has 2 aromatic heterocycles. The number of methoxy groups -OCH3 is 2. The van der Waals surface area contributed by atoms with Gasteiger partial charge in [0.15, 0.2) is 0 Å². The molecule has 9 heteroatoms. The van der Waals surface area contributed by atoms with E-state index < -0.39 is 0 Å². The van der Waals surface area contributed by atoms with Crippen LogP contribution in [0.2, 0.25) is 0 Å². The van der Waals surface area contributed by atoms with E-state index in [1.165, 1.54) is 0 Å². The van der Waals surface area contributed by atoms with Crippen LogP contribution in [0.4, 0.5) is 11.5 Å². The highest BCUT2D eigenvalue weighted by molar-refractivity contribution is 5.96. The van der Waals surface area contributed by atoms with Gasteiger partial charge >= 0.3 is 0 Å². The lowest BCUT2D eigenvalue weighted by atomic mass is 10.0. The molecule has 1 unspecified atom stereocenters. The Bertz CT molecular complexity index is 1440. The Morgan fingerprint density at radius 3 is 2.73 bits per heavy atom. The number of nitrogens with zero attached hydrogens (tertiary/aromatic N) is 4. The maximum Gasteiger partial charge on any atom is 0.254 e. The average molecular weight is 500 g/mol. The normalized spacial score (nSPS) is 17.7. The fraction of sp³-hybridized carbons (Fsp3) is 0.321. The van der Waals surface area contributed by atoms with Crippen LogP contribution in [-0.4, -0.2) is 72.2 Å². The third-order valence-electron chi connectivity index (χ3n) is 7.12. The van der Waals surface area contributed by atoms with E-state index in [1.807, 2.05) is 29.2 Å². The SMILES string of the molecule is COc1cc(C(=O)N2CC(OC)C2)ccc1Nc1cc2cc(-c3cnn(C4CCOC4)c3)ccc2cn1. The summed E-state index contributed by atoms with van der Waals surface area (Å²) in [5.74, 6) is 1.23. The van der Waals surface area contributed by atoms with Crippen LogP contribution in [0, 0.1) is 0 Å². The number of likely N-dealkylation sites (tertiary alicyclic amines) is 1. The molecule has 2 aliphatic heterocycles. The van der Waals surface area contributed by atoms with E-state index in [0.717, 1.165) is 40.6 Å². The van der Waals surface area contributed by atoms with Gasteiger partial charge < -0.3 is 24.4 Å². The second-order valence-corrected chi connectivity index (χ2v) is 9.47. The van der Waals surface area contributed by atoms with Gasteiger partial charge in [0.2, 0.25) is 0 Å². The molecule has 9 nitrogen and oxygen atoms in total. The third kappa shape index (κ3) is 4.63. The lowest BCUT2D eigenvalue weighted by Gasteiger charge is -2.38. The van der Waals surface area contributed by atoms with Crippen molar-refractivity contribution >= 4 is 28.2 Å². The standard InChI is InChI=1S/C28H29N5O4/c1-35-24-15-32(16-24)28(34)19-5-6-25(26(10-19)36-2)31-27-11-21-9-18(3-4-20(21)12-29-27)22-13-30-33(14-22)23-7-8-37-17-23/h3-6,9-14,23-24H,7-8,15-17H2,1-2H3,(H,29,31). The van der Waals surface area contributed by atoms with Crippen molar-refractivity contribution in [2.45, 2.75) is 18.6 Å². The summed E-state index contributed by atoms with van der Waals surface area (Å²) in [7, 11) is 3.26. The van der Waals surface area contributed by atoms with Gasteiger partial charge in [-0.25, -0.2) is 4.98 Å². The Morgan fingerprint density at radius 1 is 1.05 bits per heavy atom. The van der Waals surface area contributed by atoms with Crippen LogP contribution in [0.5, 0.6) is 5.75 Å². The summed E-state index contributed by atoms with van der Waals surface area (Å²) >= 11 is 0. The van der Waals surface area contributed by atoms with Crippen LogP contribution >= 0.6 is 0 Å². The number of carbonyl (C=O) groups excluding carboxylic acids is 1. The minimum atomic E-state index is -0.0294. The predicted octanol–water partition coefficient (Wildman–Crippen LogP) is 4.28. The number of pyridine rings is 1. The molecule has 2 saturated heterocycles. The predicted molar refractivity (Wildman–Crippen MR) is 140 cm³/mol. The van der Waals surface area contributed by atoms with Crippen LogP contribution in [0.3, 0.4) is 0 Å². The van der Waals surface area contributed by atoms with E-state index in [4.69, 9.17) is 14.2 Å². The summed E-state index contributed by atoms with van der Waals surface area (Å²) in [5, 5.41) is 10.0. The second kappa shape index (κ2) is 9.84. The van der Waals surface area contributed by atoms with Gasteiger partial charge in [0.25, 0.3) is 5.91 Å². The first-order chi connectivity index (χ1) is 18.1. The number of ether oxygens (including phenoxy) is 3. The molecule has 2 aromatic carbocycles. The van der Waals surface area contributed by atoms with Crippen molar-refractivity contribution in [1.82, 2.24) is 19.7 Å². The molecular weight excluding hydrogens is 470 g/mol. The number of anilines is 2. The van der Waals surface area contributed by atoms with Crippen LogP contribution in [0.15, 0.2) is 61.1 Å². The van der Waals surface area contributed by atoms with Crippen LogP contribution in [0.25, 0.3) is 21.9 Å². The minimum absolute atomic E-state index is 0.0294. The summed E-state index contributed by atoms with van der Waals surface area (Å²) in [6, 6.07) is 14.0. The van der Waals surface area contributed by atoms with Crippen molar-refractivity contribution in [3.8, 4) is 16.9 Å².